The first-order chi connectivity index (χ1) is 21.9. The van der Waals surface area contributed by atoms with Gasteiger partial charge in [-0.3, -0.25) is 9.59 Å². The second-order valence-electron chi connectivity index (χ2n) is 12.4. The van der Waals surface area contributed by atoms with Crippen LogP contribution in [0.5, 0.6) is 5.75 Å². The number of para-hydroxylation sites is 1. The van der Waals surface area contributed by atoms with E-state index < -0.39 is 0 Å². The molecule has 0 saturated carbocycles. The van der Waals surface area contributed by atoms with Crippen molar-refractivity contribution in [2.75, 3.05) is 23.0 Å². The van der Waals surface area contributed by atoms with E-state index in [4.69, 9.17) is 16.3 Å². The number of amides is 2. The molecule has 0 bridgehead atoms. The Hall–Kier alpha value is -3.89. The van der Waals surface area contributed by atoms with E-state index in [1.165, 1.54) is 22.9 Å². The first-order valence-electron chi connectivity index (χ1n) is 15.6. The molecule has 0 radical (unpaired) electrons. The number of tetrazole rings is 1. The summed E-state index contributed by atoms with van der Waals surface area (Å²) in [6, 6.07) is 20.9. The van der Waals surface area contributed by atoms with Crippen molar-refractivity contribution in [3.63, 3.8) is 0 Å². The van der Waals surface area contributed by atoms with E-state index in [0.717, 1.165) is 24.3 Å². The van der Waals surface area contributed by atoms with Gasteiger partial charge in [0, 0.05) is 17.7 Å². The van der Waals surface area contributed by atoms with Gasteiger partial charge in [0.05, 0.1) is 28.8 Å². The fraction of sp³-hybridized carbons (Fsp3) is 0.400. The number of ether oxygens (including phenoxy) is 1. The van der Waals surface area contributed by atoms with Crippen LogP contribution >= 0.6 is 23.4 Å². The van der Waals surface area contributed by atoms with Crippen molar-refractivity contribution in [3.05, 3.63) is 82.9 Å². The van der Waals surface area contributed by atoms with Crippen molar-refractivity contribution in [2.24, 2.45) is 0 Å². The lowest BCUT2D eigenvalue weighted by atomic mass is 9.76. The maximum atomic E-state index is 12.8. The molecule has 46 heavy (non-hydrogen) atoms. The van der Waals surface area contributed by atoms with Crippen molar-refractivity contribution in [3.8, 4) is 11.4 Å². The summed E-state index contributed by atoms with van der Waals surface area (Å²) >= 11 is 7.56. The van der Waals surface area contributed by atoms with Crippen LogP contribution < -0.4 is 15.4 Å². The average molecular weight is 663 g/mol. The lowest BCUT2D eigenvalue weighted by Crippen LogP contribution is -2.21. The zero-order chi connectivity index (χ0) is 33.3. The van der Waals surface area contributed by atoms with E-state index in [0.29, 0.717) is 34.6 Å². The number of nitrogens with zero attached hydrogens (tertiary/aromatic N) is 4. The van der Waals surface area contributed by atoms with Crippen LogP contribution in [0, 0.1) is 0 Å². The van der Waals surface area contributed by atoms with Gasteiger partial charge >= 0.3 is 0 Å². The van der Waals surface area contributed by atoms with Crippen molar-refractivity contribution >= 4 is 46.6 Å². The van der Waals surface area contributed by atoms with Crippen LogP contribution in [0.4, 0.5) is 11.4 Å². The number of thioether (sulfide) groups is 1. The zero-order valence-corrected chi connectivity index (χ0v) is 29.0. The van der Waals surface area contributed by atoms with Crippen LogP contribution in [-0.2, 0) is 20.4 Å². The van der Waals surface area contributed by atoms with E-state index in [1.807, 2.05) is 30.3 Å². The Bertz CT molecular complexity index is 1640. The second kappa shape index (κ2) is 15.6. The van der Waals surface area contributed by atoms with E-state index in [-0.39, 0.29) is 34.8 Å². The van der Waals surface area contributed by atoms with Crippen molar-refractivity contribution < 1.29 is 14.3 Å². The molecule has 0 saturated heterocycles. The maximum absolute atomic E-state index is 12.8. The highest BCUT2D eigenvalue weighted by atomic mass is 35.5. The van der Waals surface area contributed by atoms with E-state index in [9.17, 15) is 9.59 Å². The zero-order valence-electron chi connectivity index (χ0n) is 27.4. The average Bonchev–Trinajstić information content (AvgIpc) is 3.53. The number of benzene rings is 3. The highest BCUT2D eigenvalue weighted by Crippen LogP contribution is 2.38. The van der Waals surface area contributed by atoms with Gasteiger partial charge in [0.15, 0.2) is 0 Å². The predicted octanol–water partition coefficient (Wildman–Crippen LogP) is 8.22. The summed E-state index contributed by atoms with van der Waals surface area (Å²) in [5.41, 5.74) is 4.28. The van der Waals surface area contributed by atoms with E-state index >= 15 is 0 Å². The van der Waals surface area contributed by atoms with Crippen molar-refractivity contribution in [1.82, 2.24) is 20.2 Å². The van der Waals surface area contributed by atoms with Crippen molar-refractivity contribution in [2.45, 2.75) is 83.2 Å². The molecule has 244 valence electrons. The Labute approximate surface area is 280 Å². The van der Waals surface area contributed by atoms with Gasteiger partial charge in [-0.1, -0.05) is 95.2 Å². The van der Waals surface area contributed by atoms with E-state index in [2.05, 4.69) is 85.9 Å². The molecule has 2 N–H and O–H groups in total. The van der Waals surface area contributed by atoms with Gasteiger partial charge in [0.25, 0.3) is 0 Å². The summed E-state index contributed by atoms with van der Waals surface area (Å²) in [7, 11) is 0. The molecule has 3 aromatic carbocycles. The molecule has 1 aromatic heterocycles. The molecule has 0 fully saturated rings. The maximum Gasteiger partial charge on any atom is 0.234 e. The first-order valence-corrected chi connectivity index (χ1v) is 16.9. The summed E-state index contributed by atoms with van der Waals surface area (Å²) in [5, 5.41) is 18.3. The smallest absolute Gasteiger partial charge is 0.234 e. The minimum Gasteiger partial charge on any atom is -0.493 e. The number of hydrogen-bond donors (Lipinski definition) is 2. The quantitative estimate of drug-likeness (QED) is 0.0974. The van der Waals surface area contributed by atoms with Crippen LogP contribution in [-0.4, -0.2) is 44.4 Å². The molecule has 0 unspecified atom stereocenters. The molecule has 1 heterocycles. The Morgan fingerprint density at radius 2 is 1.65 bits per heavy atom. The third kappa shape index (κ3) is 9.10. The highest BCUT2D eigenvalue weighted by Gasteiger charge is 2.26. The molecule has 0 aliphatic rings. The van der Waals surface area contributed by atoms with Gasteiger partial charge in [-0.2, -0.15) is 4.68 Å². The molecule has 4 rings (SSSR count). The topological polar surface area (TPSA) is 111 Å². The van der Waals surface area contributed by atoms with Crippen molar-refractivity contribution in [1.29, 1.82) is 0 Å². The number of carbonyl (C=O) groups excluding carboxylic acids is 2. The summed E-state index contributed by atoms with van der Waals surface area (Å²) in [6.07, 6.45) is 2.87. The lowest BCUT2D eigenvalue weighted by molar-refractivity contribution is -0.116. The predicted molar refractivity (Wildman–Crippen MR) is 186 cm³/mol. The van der Waals surface area contributed by atoms with Gasteiger partial charge in [0.2, 0.25) is 17.0 Å². The number of hydrogen-bond acceptors (Lipinski definition) is 7. The lowest BCUT2D eigenvalue weighted by Gasteiger charge is -2.30. The van der Waals surface area contributed by atoms with Crippen LogP contribution in [0.3, 0.4) is 0 Å². The summed E-state index contributed by atoms with van der Waals surface area (Å²) in [6.45, 7) is 13.8. The monoisotopic (exact) mass is 662 g/mol. The first kappa shape index (κ1) is 35.0. The third-order valence-corrected chi connectivity index (χ3v) is 9.61. The standard InChI is InChI=1S/C35H43ClN6O3S/c1-7-34(3,4)24-16-19-30(27(21-24)35(5,6)8-2)45-20-12-15-31(43)37-25-17-18-28(36)29(22-25)38-32(44)23-46-33-39-40-41-42(33)26-13-10-9-11-14-26/h9-11,13-14,16-19,21-22H,7-8,12,15,20,23H2,1-6H3,(H,37,43)(H,38,44). The van der Waals surface area contributed by atoms with Gasteiger partial charge in [-0.15, -0.1) is 5.10 Å². The molecule has 0 aliphatic carbocycles. The van der Waals surface area contributed by atoms with E-state index in [1.54, 1.807) is 22.9 Å². The van der Waals surface area contributed by atoms with Gasteiger partial charge in [-0.25, -0.2) is 0 Å². The normalized spacial score (nSPS) is 11.7. The minimum absolute atomic E-state index is 0.0360. The highest BCUT2D eigenvalue weighted by molar-refractivity contribution is 7.99. The molecule has 4 aromatic rings. The molecule has 9 nitrogen and oxygen atoms in total. The number of halogens is 1. The molecular formula is C35H43ClN6O3S. The summed E-state index contributed by atoms with van der Waals surface area (Å²) in [4.78, 5) is 25.5. The molecular weight excluding hydrogens is 620 g/mol. The van der Waals surface area contributed by atoms with Crippen LogP contribution in [0.25, 0.3) is 5.69 Å². The molecule has 0 aliphatic heterocycles. The number of aromatic nitrogens is 4. The van der Waals surface area contributed by atoms with Crippen LogP contribution in [0.15, 0.2) is 71.9 Å². The molecule has 0 atom stereocenters. The van der Waals surface area contributed by atoms with Gasteiger partial charge in [0.1, 0.15) is 5.75 Å². The number of anilines is 2. The Morgan fingerprint density at radius 3 is 2.37 bits per heavy atom. The van der Waals surface area contributed by atoms with Gasteiger partial charge < -0.3 is 15.4 Å². The fourth-order valence-electron chi connectivity index (χ4n) is 4.65. The number of rotatable bonds is 15. The van der Waals surface area contributed by atoms with Gasteiger partial charge in [-0.05, 0) is 82.5 Å². The van der Waals surface area contributed by atoms with Crippen LogP contribution in [0.2, 0.25) is 5.02 Å². The SMILES string of the molecule is CCC(C)(C)c1ccc(OCCCC(=O)Nc2ccc(Cl)c(NC(=O)CSc3nnnn3-c3ccccc3)c2)c(C(C)(C)CC)c1. The number of nitrogens with one attached hydrogen (secondary N) is 2. The molecule has 2 amide bonds. The minimum atomic E-state index is -0.285. The second-order valence-corrected chi connectivity index (χ2v) is 13.8. The number of carbonyl (C=O) groups is 2. The molecule has 0 spiro atoms. The largest absolute Gasteiger partial charge is 0.493 e. The summed E-state index contributed by atoms with van der Waals surface area (Å²) in [5.74, 6) is 0.500. The summed E-state index contributed by atoms with van der Waals surface area (Å²) < 4.78 is 7.80. The Kier molecular flexibility index (Phi) is 11.9. The fourth-order valence-corrected chi connectivity index (χ4v) is 5.51. The Balaban J connectivity index is 1.29. The van der Waals surface area contributed by atoms with Crippen LogP contribution in [0.1, 0.15) is 78.4 Å². The molecule has 11 heteroatoms. The Morgan fingerprint density at radius 1 is 0.913 bits per heavy atom. The third-order valence-electron chi connectivity index (χ3n) is 8.36.